The first-order valence-electron chi connectivity index (χ1n) is 8.95. The summed E-state index contributed by atoms with van der Waals surface area (Å²) in [6, 6.07) is 23.7. The van der Waals surface area contributed by atoms with Crippen molar-refractivity contribution in [2.45, 2.75) is 18.9 Å². The molecule has 0 saturated heterocycles. The summed E-state index contributed by atoms with van der Waals surface area (Å²) in [5.74, 6) is 0. The van der Waals surface area contributed by atoms with Gasteiger partial charge in [-0.05, 0) is 34.7 Å². The minimum absolute atomic E-state index is 0.179. The Balaban J connectivity index is 1.43. The molecule has 3 aromatic carbocycles. The fourth-order valence-electron chi connectivity index (χ4n) is 3.04. The number of amides is 2. The average Bonchev–Trinajstić information content (AvgIpc) is 2.70. The summed E-state index contributed by atoms with van der Waals surface area (Å²) in [6.07, 6.45) is 1.07. The first-order chi connectivity index (χ1) is 12.7. The number of hydrogen-bond acceptors (Lipinski definition) is 2. The van der Waals surface area contributed by atoms with Crippen molar-refractivity contribution in [3.63, 3.8) is 0 Å². The maximum Gasteiger partial charge on any atom is 0.314 e. The molecule has 0 spiro atoms. The van der Waals surface area contributed by atoms with Crippen LogP contribution in [0.15, 0.2) is 72.8 Å². The molecule has 0 heterocycles. The molecule has 0 aliphatic rings. The van der Waals surface area contributed by atoms with E-state index in [1.807, 2.05) is 60.7 Å². The number of aliphatic hydroxyl groups is 1. The Hall–Kier alpha value is -2.85. The lowest BCUT2D eigenvalue weighted by atomic mass is 10.0. The Morgan fingerprint density at radius 3 is 2.46 bits per heavy atom. The van der Waals surface area contributed by atoms with E-state index in [0.717, 1.165) is 29.2 Å². The number of nitrogens with one attached hydrogen (secondary N) is 2. The molecule has 0 aromatic heterocycles. The zero-order chi connectivity index (χ0) is 18.2. The molecule has 4 nitrogen and oxygen atoms in total. The fourth-order valence-corrected chi connectivity index (χ4v) is 3.04. The predicted molar refractivity (Wildman–Crippen MR) is 105 cm³/mol. The molecule has 2 amide bonds. The van der Waals surface area contributed by atoms with Crippen LogP contribution in [-0.4, -0.2) is 24.2 Å². The van der Waals surface area contributed by atoms with Gasteiger partial charge in [-0.2, -0.15) is 0 Å². The van der Waals surface area contributed by atoms with Crippen LogP contribution in [0.25, 0.3) is 10.8 Å². The summed E-state index contributed by atoms with van der Waals surface area (Å²) in [7, 11) is 0. The van der Waals surface area contributed by atoms with Crippen LogP contribution in [0.1, 0.15) is 23.7 Å². The smallest absolute Gasteiger partial charge is 0.314 e. The summed E-state index contributed by atoms with van der Waals surface area (Å²) in [5, 5.41) is 18.1. The van der Waals surface area contributed by atoms with Gasteiger partial charge in [-0.15, -0.1) is 0 Å². The highest BCUT2D eigenvalue weighted by Gasteiger charge is 2.12. The van der Waals surface area contributed by atoms with Gasteiger partial charge >= 0.3 is 6.03 Å². The van der Waals surface area contributed by atoms with Crippen LogP contribution in [0.3, 0.4) is 0 Å². The molecule has 0 aliphatic heterocycles. The number of carbonyl (C=O) groups excluding carboxylic acids is 1. The van der Waals surface area contributed by atoms with Gasteiger partial charge in [-0.25, -0.2) is 4.79 Å². The average molecular weight is 348 g/mol. The minimum Gasteiger partial charge on any atom is -0.387 e. The molecule has 26 heavy (non-hydrogen) atoms. The van der Waals surface area contributed by atoms with E-state index < -0.39 is 6.10 Å². The van der Waals surface area contributed by atoms with Crippen molar-refractivity contribution in [3.8, 4) is 0 Å². The van der Waals surface area contributed by atoms with Gasteiger partial charge in [0.25, 0.3) is 0 Å². The molecule has 3 N–H and O–H groups in total. The van der Waals surface area contributed by atoms with Crippen LogP contribution in [0.4, 0.5) is 4.79 Å². The third-order valence-corrected chi connectivity index (χ3v) is 4.41. The van der Waals surface area contributed by atoms with E-state index in [-0.39, 0.29) is 12.6 Å². The van der Waals surface area contributed by atoms with Gasteiger partial charge in [0.15, 0.2) is 0 Å². The SMILES string of the molecule is O=C(NCCCc1ccccc1)NCC(O)c1cccc2ccccc12. The number of aliphatic hydroxyl groups excluding tert-OH is 1. The number of rotatable bonds is 7. The molecule has 4 heteroatoms. The Morgan fingerprint density at radius 2 is 1.62 bits per heavy atom. The van der Waals surface area contributed by atoms with Crippen molar-refractivity contribution in [1.82, 2.24) is 10.6 Å². The summed E-state index contributed by atoms with van der Waals surface area (Å²) in [4.78, 5) is 11.9. The summed E-state index contributed by atoms with van der Waals surface area (Å²) >= 11 is 0. The third kappa shape index (κ3) is 4.83. The van der Waals surface area contributed by atoms with E-state index in [1.165, 1.54) is 5.56 Å². The maximum absolute atomic E-state index is 11.9. The van der Waals surface area contributed by atoms with Crippen molar-refractivity contribution < 1.29 is 9.90 Å². The third-order valence-electron chi connectivity index (χ3n) is 4.41. The second kappa shape index (κ2) is 9.02. The van der Waals surface area contributed by atoms with Crippen LogP contribution in [-0.2, 0) is 6.42 Å². The number of urea groups is 1. The van der Waals surface area contributed by atoms with E-state index in [4.69, 9.17) is 0 Å². The van der Waals surface area contributed by atoms with E-state index in [1.54, 1.807) is 0 Å². The number of fused-ring (bicyclic) bond motifs is 1. The lowest BCUT2D eigenvalue weighted by Crippen LogP contribution is -2.38. The van der Waals surface area contributed by atoms with Crippen LogP contribution in [0, 0.1) is 0 Å². The lowest BCUT2D eigenvalue weighted by molar-refractivity contribution is 0.174. The molecular weight excluding hydrogens is 324 g/mol. The van der Waals surface area contributed by atoms with Gasteiger partial charge in [-0.3, -0.25) is 0 Å². The quantitative estimate of drug-likeness (QED) is 0.569. The summed E-state index contributed by atoms with van der Waals surface area (Å²) < 4.78 is 0. The first-order valence-corrected chi connectivity index (χ1v) is 8.95. The van der Waals surface area contributed by atoms with Crippen molar-refractivity contribution in [3.05, 3.63) is 83.9 Å². The Labute approximate surface area is 153 Å². The van der Waals surface area contributed by atoms with Gasteiger partial charge in [0.2, 0.25) is 0 Å². The molecule has 0 saturated carbocycles. The van der Waals surface area contributed by atoms with E-state index in [2.05, 4.69) is 22.8 Å². The molecular formula is C22H24N2O2. The van der Waals surface area contributed by atoms with Crippen molar-refractivity contribution >= 4 is 16.8 Å². The molecule has 0 fully saturated rings. The van der Waals surface area contributed by atoms with E-state index in [9.17, 15) is 9.90 Å². The zero-order valence-corrected chi connectivity index (χ0v) is 14.7. The lowest BCUT2D eigenvalue weighted by Gasteiger charge is -2.15. The zero-order valence-electron chi connectivity index (χ0n) is 14.7. The Morgan fingerprint density at radius 1 is 0.885 bits per heavy atom. The number of aryl methyl sites for hydroxylation is 1. The van der Waals surface area contributed by atoms with Crippen LogP contribution >= 0.6 is 0 Å². The van der Waals surface area contributed by atoms with Gasteiger partial charge in [0, 0.05) is 13.1 Å². The number of hydrogen-bond donors (Lipinski definition) is 3. The molecule has 134 valence electrons. The van der Waals surface area contributed by atoms with Crippen molar-refractivity contribution in [2.24, 2.45) is 0 Å². The second-order valence-electron chi connectivity index (χ2n) is 6.31. The molecule has 1 atom stereocenters. The standard InChI is InChI=1S/C22H24N2O2/c25-21(20-14-6-12-18-11-4-5-13-19(18)20)16-24-22(26)23-15-7-10-17-8-2-1-3-9-17/h1-6,8-9,11-14,21,25H,7,10,15-16H2,(H2,23,24,26). The van der Waals surface area contributed by atoms with Gasteiger partial charge in [0.1, 0.15) is 0 Å². The summed E-state index contributed by atoms with van der Waals surface area (Å²) in [6.45, 7) is 0.781. The summed E-state index contributed by atoms with van der Waals surface area (Å²) in [5.41, 5.74) is 2.09. The number of benzene rings is 3. The molecule has 3 aromatic rings. The van der Waals surface area contributed by atoms with Crippen molar-refractivity contribution in [2.75, 3.05) is 13.1 Å². The molecule has 1 unspecified atom stereocenters. The normalized spacial score (nSPS) is 11.9. The van der Waals surface area contributed by atoms with Gasteiger partial charge in [-0.1, -0.05) is 72.8 Å². The highest BCUT2D eigenvalue weighted by atomic mass is 16.3. The monoisotopic (exact) mass is 348 g/mol. The van der Waals surface area contributed by atoms with Crippen molar-refractivity contribution in [1.29, 1.82) is 0 Å². The molecule has 0 bridgehead atoms. The largest absolute Gasteiger partial charge is 0.387 e. The molecule has 0 aliphatic carbocycles. The second-order valence-corrected chi connectivity index (χ2v) is 6.31. The van der Waals surface area contributed by atoms with Crippen LogP contribution in [0.5, 0.6) is 0 Å². The predicted octanol–water partition coefficient (Wildman–Crippen LogP) is 3.81. The molecule has 0 radical (unpaired) electrons. The highest BCUT2D eigenvalue weighted by molar-refractivity contribution is 5.86. The van der Waals surface area contributed by atoms with E-state index >= 15 is 0 Å². The van der Waals surface area contributed by atoms with Crippen LogP contribution < -0.4 is 10.6 Å². The van der Waals surface area contributed by atoms with E-state index in [0.29, 0.717) is 6.54 Å². The Kier molecular flexibility index (Phi) is 6.23. The maximum atomic E-state index is 11.9. The first kappa shape index (κ1) is 18.0. The van der Waals surface area contributed by atoms with Gasteiger partial charge in [0.05, 0.1) is 6.10 Å². The van der Waals surface area contributed by atoms with Crippen LogP contribution in [0.2, 0.25) is 0 Å². The van der Waals surface area contributed by atoms with Gasteiger partial charge < -0.3 is 15.7 Å². The number of carbonyl (C=O) groups is 1. The molecule has 3 rings (SSSR count). The Bertz CT molecular complexity index is 844. The minimum atomic E-state index is -0.740. The highest BCUT2D eigenvalue weighted by Crippen LogP contribution is 2.23. The topological polar surface area (TPSA) is 61.4 Å². The fraction of sp³-hybridized carbons (Fsp3) is 0.227.